The van der Waals surface area contributed by atoms with E-state index in [2.05, 4.69) is 26.8 Å². The fraction of sp³-hybridized carbons (Fsp3) is 0.519. The number of rotatable bonds is 5. The number of hydrogen-bond donors (Lipinski definition) is 3. The molecule has 2 aromatic rings. The lowest BCUT2D eigenvalue weighted by molar-refractivity contribution is -0.157. The van der Waals surface area contributed by atoms with Gasteiger partial charge < -0.3 is 26.0 Å². The molecule has 1 unspecified atom stereocenters. The van der Waals surface area contributed by atoms with Gasteiger partial charge in [-0.05, 0) is 38.6 Å². The van der Waals surface area contributed by atoms with Gasteiger partial charge in [-0.15, -0.1) is 6.58 Å². The molecule has 1 aliphatic heterocycles. The third kappa shape index (κ3) is 16.4. The fourth-order valence-corrected chi connectivity index (χ4v) is 3.40. The average molecular weight is 575 g/mol. The summed E-state index contributed by atoms with van der Waals surface area (Å²) in [5, 5.41) is 5.78. The van der Waals surface area contributed by atoms with Crippen molar-refractivity contribution in [2.75, 3.05) is 36.5 Å². The smallest absolute Gasteiger partial charge is 0.404 e. The van der Waals surface area contributed by atoms with Gasteiger partial charge in [0.15, 0.2) is 5.13 Å². The van der Waals surface area contributed by atoms with Crippen molar-refractivity contribution < 1.29 is 22.7 Å². The third-order valence-electron chi connectivity index (χ3n) is 4.41. The van der Waals surface area contributed by atoms with Crippen LogP contribution in [0.15, 0.2) is 43.4 Å². The highest BCUT2D eigenvalue weighted by Crippen LogP contribution is 2.27. The molecule has 4 N–H and O–H groups in total. The summed E-state index contributed by atoms with van der Waals surface area (Å²) in [7, 11) is 0. The number of carbonyl (C=O) groups excluding carboxylic acids is 1. The highest BCUT2D eigenvalue weighted by Gasteiger charge is 2.36. The van der Waals surface area contributed by atoms with E-state index in [1.165, 1.54) is 0 Å². The molecular formula is C27H45F3N6O2S. The number of amides is 1. The molecule has 3 rings (SSSR count). The van der Waals surface area contributed by atoms with Gasteiger partial charge in [-0.2, -0.15) is 13.2 Å². The predicted molar refractivity (Wildman–Crippen MR) is 158 cm³/mol. The summed E-state index contributed by atoms with van der Waals surface area (Å²) in [5.74, 6) is 0.115. The Morgan fingerprint density at radius 3 is 2.23 bits per heavy atom. The van der Waals surface area contributed by atoms with Crippen LogP contribution in [0, 0.1) is 0 Å². The van der Waals surface area contributed by atoms with Gasteiger partial charge in [-0.3, -0.25) is 4.79 Å². The number of ether oxygens (including phenoxy) is 1. The first-order valence-corrected chi connectivity index (χ1v) is 13.6. The summed E-state index contributed by atoms with van der Waals surface area (Å²) in [6.45, 7) is 20.5. The minimum atomic E-state index is -4.34. The van der Waals surface area contributed by atoms with Gasteiger partial charge in [-0.25, -0.2) is 9.97 Å². The lowest BCUT2D eigenvalue weighted by Crippen LogP contribution is -2.41. The summed E-state index contributed by atoms with van der Waals surface area (Å²) >= 11 is 1.56. The number of nitrogens with zero attached hydrogens (tertiary/aromatic N) is 3. The number of aromatic nitrogens is 2. The maximum Gasteiger partial charge on any atom is 0.408 e. The van der Waals surface area contributed by atoms with Crippen LogP contribution in [0.4, 0.5) is 29.8 Å². The number of alkyl halides is 3. The zero-order valence-electron chi connectivity index (χ0n) is 24.4. The van der Waals surface area contributed by atoms with Crippen LogP contribution in [0.5, 0.6) is 0 Å². The van der Waals surface area contributed by atoms with Crippen LogP contribution in [-0.4, -0.2) is 54.4 Å². The molecule has 0 spiro atoms. The van der Waals surface area contributed by atoms with Gasteiger partial charge in [0.05, 0.1) is 18.1 Å². The Morgan fingerprint density at radius 1 is 1.21 bits per heavy atom. The van der Waals surface area contributed by atoms with Crippen molar-refractivity contribution >= 4 is 39.5 Å². The Morgan fingerprint density at radius 2 is 1.77 bits per heavy atom. The monoisotopic (exact) mass is 574 g/mol. The van der Waals surface area contributed by atoms with Gasteiger partial charge in [0, 0.05) is 44.2 Å². The van der Waals surface area contributed by atoms with Crippen molar-refractivity contribution in [2.45, 2.75) is 67.6 Å². The van der Waals surface area contributed by atoms with Gasteiger partial charge >= 0.3 is 6.18 Å². The van der Waals surface area contributed by atoms with Crippen molar-refractivity contribution in [1.82, 2.24) is 15.3 Å². The number of nitrogens with one attached hydrogen (secondary N) is 2. The van der Waals surface area contributed by atoms with E-state index >= 15 is 0 Å². The van der Waals surface area contributed by atoms with E-state index in [1.807, 2.05) is 66.1 Å². The number of morpholine rings is 1. The lowest BCUT2D eigenvalue weighted by atomic mass is 10.3. The molecule has 12 heteroatoms. The largest absolute Gasteiger partial charge is 0.408 e. The molecule has 3 heterocycles. The maximum absolute atomic E-state index is 11.6. The van der Waals surface area contributed by atoms with Crippen molar-refractivity contribution in [3.05, 3.63) is 48.3 Å². The number of hydrogen-bond acceptors (Lipinski definition) is 8. The van der Waals surface area contributed by atoms with Gasteiger partial charge in [0.25, 0.3) is 0 Å². The third-order valence-corrected chi connectivity index (χ3v) is 5.46. The van der Waals surface area contributed by atoms with Crippen molar-refractivity contribution in [2.24, 2.45) is 5.73 Å². The van der Waals surface area contributed by atoms with Crippen LogP contribution in [0.2, 0.25) is 0 Å². The summed E-state index contributed by atoms with van der Waals surface area (Å²) in [6.07, 6.45) is 2.63. The number of carbonyl (C=O) groups is 1. The van der Waals surface area contributed by atoms with E-state index in [4.69, 9.17) is 10.5 Å². The quantitative estimate of drug-likeness (QED) is 0.339. The first kappa shape index (κ1) is 38.0. The summed E-state index contributed by atoms with van der Waals surface area (Å²) < 4.78 is 40.2. The first-order chi connectivity index (χ1) is 18.5. The molecule has 222 valence electrons. The number of thiazole rings is 1. The number of pyridine rings is 1. The molecule has 0 bridgehead atoms. The number of halogens is 3. The van der Waals surface area contributed by atoms with Gasteiger partial charge in [0.1, 0.15) is 11.9 Å². The Labute approximate surface area is 235 Å². The van der Waals surface area contributed by atoms with E-state index < -0.39 is 18.1 Å². The predicted octanol–water partition coefficient (Wildman–Crippen LogP) is 6.76. The van der Waals surface area contributed by atoms with Crippen LogP contribution in [0.1, 0.15) is 60.3 Å². The number of allylic oxidation sites excluding steroid dienone is 2. The molecule has 2 aromatic heterocycles. The second kappa shape index (κ2) is 21.8. The van der Waals surface area contributed by atoms with Gasteiger partial charge in [-0.1, -0.05) is 45.1 Å². The standard InChI is InChI=1S/C15H19N5OS.C5H8F3NO.C3H6.2C2H6/c1-11(9-16)13-10-18-15(22-13)19-14-8-12(2-3-17-14)20-4-6-21-7-5-20;1-3(5(6,7)8)9-4(2)10;1-3-2;2*1-2/h2-3,8-10H,4-7,16H2,1H3,(H,17,18,19);3H,1-2H3,(H,9,10);3H,1H2,2H3;2*1-2H3/b11-9+;;;;. The van der Waals surface area contributed by atoms with Crippen LogP contribution < -0.4 is 21.3 Å². The maximum atomic E-state index is 11.6. The minimum absolute atomic E-state index is 0.676. The molecular weight excluding hydrogens is 529 g/mol. The summed E-state index contributed by atoms with van der Waals surface area (Å²) in [6, 6.07) is 2.30. The topological polar surface area (TPSA) is 105 Å². The van der Waals surface area contributed by atoms with E-state index in [0.717, 1.165) is 67.2 Å². The van der Waals surface area contributed by atoms with Crippen LogP contribution in [0.3, 0.4) is 0 Å². The highest BCUT2D eigenvalue weighted by molar-refractivity contribution is 7.16. The number of anilines is 3. The first-order valence-electron chi connectivity index (χ1n) is 12.8. The van der Waals surface area contributed by atoms with Crippen molar-refractivity contribution in [1.29, 1.82) is 0 Å². The molecule has 0 aliphatic carbocycles. The van der Waals surface area contributed by atoms with Crippen molar-refractivity contribution in [3.63, 3.8) is 0 Å². The molecule has 1 saturated heterocycles. The molecule has 1 aliphatic rings. The zero-order valence-corrected chi connectivity index (χ0v) is 25.2. The minimum Gasteiger partial charge on any atom is -0.404 e. The fourth-order valence-electron chi connectivity index (χ4n) is 2.60. The molecule has 0 saturated carbocycles. The SMILES string of the molecule is C/C(=C\N)c1cnc(Nc2cc(N3CCOCC3)ccn2)s1.C=CC.CC.CC.CC(=O)NC(C)C(F)(F)F. The Balaban J connectivity index is 0. The molecule has 0 radical (unpaired) electrons. The molecule has 1 atom stereocenters. The van der Waals surface area contributed by atoms with E-state index in [0.29, 0.717) is 0 Å². The van der Waals surface area contributed by atoms with E-state index in [-0.39, 0.29) is 0 Å². The van der Waals surface area contributed by atoms with E-state index in [9.17, 15) is 18.0 Å². The van der Waals surface area contributed by atoms with Crippen LogP contribution >= 0.6 is 11.3 Å². The van der Waals surface area contributed by atoms with E-state index in [1.54, 1.807) is 28.9 Å². The zero-order chi connectivity index (χ0) is 30.4. The summed E-state index contributed by atoms with van der Waals surface area (Å²) in [4.78, 5) is 22.2. The highest BCUT2D eigenvalue weighted by atomic mass is 32.1. The normalized spacial score (nSPS) is 13.3. The lowest BCUT2D eigenvalue weighted by Gasteiger charge is -2.28. The summed E-state index contributed by atoms with van der Waals surface area (Å²) in [5.41, 5.74) is 7.70. The van der Waals surface area contributed by atoms with Crippen LogP contribution in [0.25, 0.3) is 5.57 Å². The Hall–Kier alpha value is -3.12. The second-order valence-electron chi connectivity index (χ2n) is 7.38. The molecule has 1 amide bonds. The molecule has 8 nitrogen and oxygen atoms in total. The number of nitrogens with two attached hydrogens (primary N) is 1. The van der Waals surface area contributed by atoms with Gasteiger partial charge in [0.2, 0.25) is 5.91 Å². The average Bonchev–Trinajstić information content (AvgIpc) is 3.39. The molecule has 0 aromatic carbocycles. The Kier molecular flexibility index (Phi) is 21.2. The second-order valence-corrected chi connectivity index (χ2v) is 8.41. The van der Waals surface area contributed by atoms with Crippen LogP contribution in [-0.2, 0) is 9.53 Å². The Bertz CT molecular complexity index is 961. The molecule has 1 fully saturated rings. The van der Waals surface area contributed by atoms with Crippen molar-refractivity contribution in [3.8, 4) is 0 Å². The molecule has 39 heavy (non-hydrogen) atoms.